The minimum atomic E-state index is 0.374. The summed E-state index contributed by atoms with van der Waals surface area (Å²) in [6, 6.07) is 3.35. The average molecular weight is 410 g/mol. The first-order valence-electron chi connectivity index (χ1n) is 6.93. The molecule has 0 aliphatic heterocycles. The van der Waals surface area contributed by atoms with Crippen molar-refractivity contribution in [2.45, 2.75) is 45.2 Å². The zero-order valence-electron chi connectivity index (χ0n) is 11.5. The molecule has 2 nitrogen and oxygen atoms in total. The van der Waals surface area contributed by atoms with Gasteiger partial charge in [-0.3, -0.25) is 4.90 Å². The third-order valence-electron chi connectivity index (χ3n) is 3.60. The largest absolute Gasteiger partial charge is 0.329 e. The van der Waals surface area contributed by atoms with Crippen LogP contribution in [0.2, 0.25) is 0 Å². The smallest absolute Gasteiger partial charge is 0.0843 e. The van der Waals surface area contributed by atoms with Crippen LogP contribution in [0.5, 0.6) is 0 Å². The molecule has 108 valence electrons. The van der Waals surface area contributed by atoms with Crippen molar-refractivity contribution in [3.8, 4) is 0 Å². The highest BCUT2D eigenvalue weighted by atomic mass is 79.9. The number of hydrogen-bond acceptors (Lipinski definition) is 3. The molecule has 0 bridgehead atoms. The van der Waals surface area contributed by atoms with Crippen LogP contribution in [0.25, 0.3) is 0 Å². The summed E-state index contributed by atoms with van der Waals surface area (Å²) in [5.41, 5.74) is 6.07. The normalized spacial score (nSPS) is 17.4. The van der Waals surface area contributed by atoms with Gasteiger partial charge >= 0.3 is 0 Å². The van der Waals surface area contributed by atoms with Crippen molar-refractivity contribution < 1.29 is 0 Å². The van der Waals surface area contributed by atoms with Crippen molar-refractivity contribution in [3.63, 3.8) is 0 Å². The molecule has 0 saturated heterocycles. The van der Waals surface area contributed by atoms with E-state index in [1.54, 1.807) is 11.3 Å². The first-order chi connectivity index (χ1) is 9.02. The van der Waals surface area contributed by atoms with Crippen molar-refractivity contribution in [2.24, 2.45) is 11.7 Å². The molecule has 1 aliphatic rings. The maximum Gasteiger partial charge on any atom is 0.0843 e. The Labute approximate surface area is 137 Å². The second kappa shape index (κ2) is 7.03. The van der Waals surface area contributed by atoms with Gasteiger partial charge in [0.25, 0.3) is 0 Å². The Hall–Kier alpha value is 0.580. The van der Waals surface area contributed by atoms with Crippen molar-refractivity contribution >= 4 is 43.2 Å². The van der Waals surface area contributed by atoms with E-state index in [0.29, 0.717) is 12.6 Å². The van der Waals surface area contributed by atoms with Gasteiger partial charge in [0.1, 0.15) is 0 Å². The van der Waals surface area contributed by atoms with Gasteiger partial charge in [0.15, 0.2) is 0 Å². The van der Waals surface area contributed by atoms with Crippen molar-refractivity contribution in [1.29, 1.82) is 0 Å². The highest BCUT2D eigenvalue weighted by Gasteiger charge is 2.34. The van der Waals surface area contributed by atoms with Crippen LogP contribution in [-0.4, -0.2) is 24.0 Å². The molecule has 0 aromatic carbocycles. The summed E-state index contributed by atoms with van der Waals surface area (Å²) in [6.45, 7) is 6.45. The molecule has 1 saturated carbocycles. The molecule has 1 aromatic heterocycles. The molecule has 1 aliphatic carbocycles. The summed E-state index contributed by atoms with van der Waals surface area (Å²) in [4.78, 5) is 4.00. The maximum absolute atomic E-state index is 6.07. The third kappa shape index (κ3) is 4.27. The summed E-state index contributed by atoms with van der Waals surface area (Å²) in [6.07, 6.45) is 3.92. The van der Waals surface area contributed by atoms with Crippen LogP contribution in [0, 0.1) is 5.92 Å². The standard InChI is InChI=1S/C14H22Br2N2S/c1-9(2)5-6-18(10-3-4-10)12(8-17)13-7-11(15)14(16)19-13/h7,9-10,12H,3-6,8,17H2,1-2H3. The number of thiophene rings is 1. The average Bonchev–Trinajstić information content (AvgIpc) is 3.12. The molecule has 2 N–H and O–H groups in total. The first kappa shape index (κ1) is 16.0. The van der Waals surface area contributed by atoms with E-state index in [0.717, 1.165) is 23.0 Å². The number of rotatable bonds is 7. The van der Waals surface area contributed by atoms with Gasteiger partial charge in [-0.15, -0.1) is 11.3 Å². The summed E-state index contributed by atoms with van der Waals surface area (Å²) in [5.74, 6) is 0.751. The monoisotopic (exact) mass is 408 g/mol. The van der Waals surface area contributed by atoms with Crippen LogP contribution in [0.4, 0.5) is 0 Å². The highest BCUT2D eigenvalue weighted by Crippen LogP contribution is 2.40. The topological polar surface area (TPSA) is 29.3 Å². The number of halogens is 2. The van der Waals surface area contributed by atoms with Crippen LogP contribution < -0.4 is 5.73 Å². The maximum atomic E-state index is 6.07. The molecule has 1 atom stereocenters. The van der Waals surface area contributed by atoms with Gasteiger partial charge < -0.3 is 5.73 Å². The van der Waals surface area contributed by atoms with Crippen LogP contribution in [0.3, 0.4) is 0 Å². The molecule has 1 unspecified atom stereocenters. The van der Waals surface area contributed by atoms with E-state index in [1.807, 2.05) is 0 Å². The number of nitrogens with two attached hydrogens (primary N) is 1. The molecule has 1 aromatic rings. The zero-order valence-corrected chi connectivity index (χ0v) is 15.5. The molecule has 1 fully saturated rings. The second-order valence-electron chi connectivity index (χ2n) is 5.67. The minimum absolute atomic E-state index is 0.374. The predicted octanol–water partition coefficient (Wildman–Crippen LogP) is 4.78. The molecule has 1 heterocycles. The van der Waals surface area contributed by atoms with Gasteiger partial charge in [0.2, 0.25) is 0 Å². The fraction of sp³-hybridized carbons (Fsp3) is 0.714. The van der Waals surface area contributed by atoms with Gasteiger partial charge in [-0.25, -0.2) is 0 Å². The lowest BCUT2D eigenvalue weighted by molar-refractivity contribution is 0.183. The van der Waals surface area contributed by atoms with E-state index in [1.165, 1.54) is 27.9 Å². The van der Waals surface area contributed by atoms with Crippen LogP contribution in [0.15, 0.2) is 14.3 Å². The van der Waals surface area contributed by atoms with Gasteiger partial charge in [0.05, 0.1) is 9.83 Å². The molecular weight excluding hydrogens is 388 g/mol. The van der Waals surface area contributed by atoms with Crippen LogP contribution in [0.1, 0.15) is 44.0 Å². The first-order valence-corrected chi connectivity index (χ1v) is 9.33. The van der Waals surface area contributed by atoms with Crippen molar-refractivity contribution in [2.75, 3.05) is 13.1 Å². The SMILES string of the molecule is CC(C)CCN(C1CC1)C(CN)c1cc(Br)c(Br)s1. The molecule has 0 amide bonds. The van der Waals surface area contributed by atoms with E-state index in [9.17, 15) is 0 Å². The summed E-state index contributed by atoms with van der Waals surface area (Å²) < 4.78 is 2.31. The lowest BCUT2D eigenvalue weighted by atomic mass is 10.1. The quantitative estimate of drug-likeness (QED) is 0.701. The summed E-state index contributed by atoms with van der Waals surface area (Å²) in [7, 11) is 0. The van der Waals surface area contributed by atoms with Crippen molar-refractivity contribution in [3.05, 3.63) is 19.2 Å². The molecule has 2 rings (SSSR count). The summed E-state index contributed by atoms with van der Waals surface area (Å²) >= 11 is 8.97. The van der Waals surface area contributed by atoms with Gasteiger partial charge in [-0.2, -0.15) is 0 Å². The number of hydrogen-bond donors (Lipinski definition) is 1. The van der Waals surface area contributed by atoms with Gasteiger partial charge in [0, 0.05) is 21.9 Å². The predicted molar refractivity (Wildman–Crippen MR) is 90.7 cm³/mol. The zero-order chi connectivity index (χ0) is 14.0. The Kier molecular flexibility index (Phi) is 5.90. The molecule has 19 heavy (non-hydrogen) atoms. The fourth-order valence-electron chi connectivity index (χ4n) is 2.35. The molecule has 0 spiro atoms. The third-order valence-corrected chi connectivity index (χ3v) is 6.95. The minimum Gasteiger partial charge on any atom is -0.329 e. The lowest BCUT2D eigenvalue weighted by Crippen LogP contribution is -2.36. The Balaban J connectivity index is 2.12. The van der Waals surface area contributed by atoms with E-state index >= 15 is 0 Å². The second-order valence-corrected chi connectivity index (χ2v) is 8.93. The molecule has 0 radical (unpaired) electrons. The molecular formula is C14H22Br2N2S. The van der Waals surface area contributed by atoms with E-state index in [4.69, 9.17) is 5.73 Å². The van der Waals surface area contributed by atoms with E-state index < -0.39 is 0 Å². The Morgan fingerprint density at radius 2 is 2.11 bits per heavy atom. The Morgan fingerprint density at radius 3 is 2.53 bits per heavy atom. The van der Waals surface area contributed by atoms with E-state index in [2.05, 4.69) is 56.7 Å². The van der Waals surface area contributed by atoms with Crippen molar-refractivity contribution in [1.82, 2.24) is 4.90 Å². The highest BCUT2D eigenvalue weighted by molar-refractivity contribution is 9.13. The van der Waals surface area contributed by atoms with Crippen LogP contribution >= 0.6 is 43.2 Å². The Bertz CT molecular complexity index is 396. The van der Waals surface area contributed by atoms with Gasteiger partial charge in [-0.1, -0.05) is 13.8 Å². The fourth-order valence-corrected chi connectivity index (χ4v) is 4.57. The molecule has 5 heteroatoms. The van der Waals surface area contributed by atoms with Crippen LogP contribution in [-0.2, 0) is 0 Å². The van der Waals surface area contributed by atoms with Gasteiger partial charge in [-0.05, 0) is 69.7 Å². The summed E-state index contributed by atoms with van der Waals surface area (Å²) in [5, 5.41) is 0. The Morgan fingerprint density at radius 1 is 1.42 bits per heavy atom. The number of nitrogens with zero attached hydrogens (tertiary/aromatic N) is 1. The van der Waals surface area contributed by atoms with E-state index in [-0.39, 0.29) is 0 Å². The lowest BCUT2D eigenvalue weighted by Gasteiger charge is -2.31.